The summed E-state index contributed by atoms with van der Waals surface area (Å²) in [6.07, 6.45) is 1.44. The highest BCUT2D eigenvalue weighted by atomic mass is 19.1. The number of aryl methyl sites for hydroxylation is 1. The lowest BCUT2D eigenvalue weighted by Crippen LogP contribution is -1.97. The Morgan fingerprint density at radius 1 is 1.30 bits per heavy atom. The molecular weight excluding hydrogens is 299 g/mol. The largest absolute Gasteiger partial charge is 0.478 e. The molecule has 0 saturated heterocycles. The van der Waals surface area contributed by atoms with Crippen LogP contribution in [0.4, 0.5) is 4.39 Å². The molecule has 1 aromatic carbocycles. The van der Waals surface area contributed by atoms with Gasteiger partial charge in [-0.2, -0.15) is 5.10 Å². The van der Waals surface area contributed by atoms with Gasteiger partial charge in [0.2, 0.25) is 0 Å². The lowest BCUT2D eigenvalue weighted by atomic mass is 10.1. The Morgan fingerprint density at radius 3 is 2.91 bits per heavy atom. The van der Waals surface area contributed by atoms with Crippen LogP contribution >= 0.6 is 0 Å². The number of nitrogens with one attached hydrogen (secondary N) is 1. The maximum atomic E-state index is 13.6. The Balaban J connectivity index is 2.02. The molecule has 0 aliphatic heterocycles. The first-order valence-electron chi connectivity index (χ1n) is 6.88. The molecule has 0 spiro atoms. The van der Waals surface area contributed by atoms with Crippen molar-refractivity contribution in [3.8, 4) is 11.4 Å². The van der Waals surface area contributed by atoms with Gasteiger partial charge in [0.25, 0.3) is 0 Å². The van der Waals surface area contributed by atoms with E-state index in [2.05, 4.69) is 15.1 Å². The van der Waals surface area contributed by atoms with E-state index in [1.54, 1.807) is 23.9 Å². The van der Waals surface area contributed by atoms with Crippen LogP contribution in [0.2, 0.25) is 0 Å². The summed E-state index contributed by atoms with van der Waals surface area (Å²) in [5.41, 5.74) is 3.01. The molecule has 3 heterocycles. The van der Waals surface area contributed by atoms with E-state index in [9.17, 15) is 14.3 Å². The van der Waals surface area contributed by atoms with Crippen molar-refractivity contribution in [3.05, 3.63) is 47.9 Å². The number of pyridine rings is 1. The van der Waals surface area contributed by atoms with E-state index < -0.39 is 5.97 Å². The lowest BCUT2D eigenvalue weighted by molar-refractivity contribution is 0.0698. The number of halogens is 1. The molecule has 0 fully saturated rings. The Hall–Kier alpha value is -3.22. The maximum absolute atomic E-state index is 13.6. The number of nitrogens with zero attached hydrogens (tertiary/aromatic N) is 3. The summed E-state index contributed by atoms with van der Waals surface area (Å²) < 4.78 is 15.2. The highest BCUT2D eigenvalue weighted by Crippen LogP contribution is 2.30. The summed E-state index contributed by atoms with van der Waals surface area (Å²) in [4.78, 5) is 18.5. The standard InChI is InChI=1S/C16H11FN4O2/c1-21-13-3-2-8(17)6-10(13)15(20-21)12-7-11-14(19-12)9(16(22)23)4-5-18-11/h2-7,19H,1H3,(H,22,23). The highest BCUT2D eigenvalue weighted by Gasteiger charge is 2.17. The van der Waals surface area contributed by atoms with E-state index in [1.165, 1.54) is 24.4 Å². The van der Waals surface area contributed by atoms with Crippen LogP contribution in [-0.2, 0) is 7.05 Å². The SMILES string of the molecule is Cn1nc(-c2cc3nccc(C(=O)O)c3[nH]2)c2cc(F)ccc21. The Bertz CT molecular complexity index is 1080. The molecule has 114 valence electrons. The van der Waals surface area contributed by atoms with Crippen molar-refractivity contribution in [2.75, 3.05) is 0 Å². The smallest absolute Gasteiger partial charge is 0.337 e. The number of fused-ring (bicyclic) bond motifs is 2. The van der Waals surface area contributed by atoms with Crippen LogP contribution in [0.5, 0.6) is 0 Å². The van der Waals surface area contributed by atoms with E-state index >= 15 is 0 Å². The van der Waals surface area contributed by atoms with Crippen molar-refractivity contribution >= 4 is 27.9 Å². The van der Waals surface area contributed by atoms with Gasteiger partial charge in [0.15, 0.2) is 0 Å². The van der Waals surface area contributed by atoms with Gasteiger partial charge in [-0.1, -0.05) is 0 Å². The molecule has 2 N–H and O–H groups in total. The summed E-state index contributed by atoms with van der Waals surface area (Å²) in [6, 6.07) is 7.60. The van der Waals surface area contributed by atoms with Gasteiger partial charge in [0.1, 0.15) is 11.5 Å². The minimum Gasteiger partial charge on any atom is -0.478 e. The number of hydrogen-bond acceptors (Lipinski definition) is 3. The van der Waals surface area contributed by atoms with Gasteiger partial charge in [0, 0.05) is 18.6 Å². The minimum absolute atomic E-state index is 0.132. The zero-order valence-corrected chi connectivity index (χ0v) is 12.0. The van der Waals surface area contributed by atoms with Gasteiger partial charge >= 0.3 is 5.97 Å². The van der Waals surface area contributed by atoms with Crippen LogP contribution in [0, 0.1) is 5.82 Å². The van der Waals surface area contributed by atoms with Crippen LogP contribution in [0.1, 0.15) is 10.4 Å². The molecule has 0 saturated carbocycles. The number of aromatic amines is 1. The Labute approximate surface area is 129 Å². The van der Waals surface area contributed by atoms with Crippen LogP contribution in [0.3, 0.4) is 0 Å². The predicted octanol–water partition coefficient (Wildman–Crippen LogP) is 2.95. The van der Waals surface area contributed by atoms with E-state index in [1.807, 2.05) is 0 Å². The van der Waals surface area contributed by atoms with Crippen molar-refractivity contribution in [2.45, 2.75) is 0 Å². The normalized spacial score (nSPS) is 11.4. The molecule has 4 rings (SSSR count). The van der Waals surface area contributed by atoms with Crippen LogP contribution in [-0.4, -0.2) is 30.8 Å². The Kier molecular flexibility index (Phi) is 2.71. The number of hydrogen-bond donors (Lipinski definition) is 2. The molecule has 0 radical (unpaired) electrons. The summed E-state index contributed by atoms with van der Waals surface area (Å²) in [5, 5.41) is 14.3. The fraction of sp³-hybridized carbons (Fsp3) is 0.0625. The number of rotatable bonds is 2. The third kappa shape index (κ3) is 1.97. The maximum Gasteiger partial charge on any atom is 0.337 e. The third-order valence-electron chi connectivity index (χ3n) is 3.82. The molecule has 0 atom stereocenters. The second-order valence-corrected chi connectivity index (χ2v) is 5.24. The predicted molar refractivity (Wildman–Crippen MR) is 82.7 cm³/mol. The summed E-state index contributed by atoms with van der Waals surface area (Å²) >= 11 is 0. The molecule has 0 bridgehead atoms. The average Bonchev–Trinajstić information content (AvgIpc) is 3.07. The fourth-order valence-corrected chi connectivity index (χ4v) is 2.77. The second kappa shape index (κ2) is 4.64. The van der Waals surface area contributed by atoms with Gasteiger partial charge in [-0.3, -0.25) is 9.67 Å². The topological polar surface area (TPSA) is 83.8 Å². The van der Waals surface area contributed by atoms with Crippen molar-refractivity contribution in [1.29, 1.82) is 0 Å². The average molecular weight is 310 g/mol. The third-order valence-corrected chi connectivity index (χ3v) is 3.82. The number of H-pyrrole nitrogens is 1. The van der Waals surface area contributed by atoms with E-state index in [0.29, 0.717) is 27.8 Å². The first kappa shape index (κ1) is 13.4. The minimum atomic E-state index is -1.04. The van der Waals surface area contributed by atoms with E-state index in [-0.39, 0.29) is 11.4 Å². The molecule has 0 aliphatic rings. The monoisotopic (exact) mass is 310 g/mol. The zero-order chi connectivity index (χ0) is 16.1. The molecule has 7 heteroatoms. The van der Waals surface area contributed by atoms with Crippen molar-refractivity contribution in [2.24, 2.45) is 7.05 Å². The molecule has 6 nitrogen and oxygen atoms in total. The van der Waals surface area contributed by atoms with Crippen LogP contribution in [0.15, 0.2) is 36.5 Å². The van der Waals surface area contributed by atoms with Gasteiger partial charge < -0.3 is 10.1 Å². The number of aromatic carboxylic acids is 1. The summed E-state index contributed by atoms with van der Waals surface area (Å²) in [5.74, 6) is -1.39. The number of benzene rings is 1. The number of carboxylic acid groups (broad SMARTS) is 1. The van der Waals surface area contributed by atoms with Crippen molar-refractivity contribution < 1.29 is 14.3 Å². The van der Waals surface area contributed by atoms with Gasteiger partial charge in [-0.05, 0) is 30.3 Å². The first-order chi connectivity index (χ1) is 11.0. The quantitative estimate of drug-likeness (QED) is 0.596. The van der Waals surface area contributed by atoms with Crippen LogP contribution in [0.25, 0.3) is 33.3 Å². The molecule has 0 aliphatic carbocycles. The summed E-state index contributed by atoms with van der Waals surface area (Å²) in [7, 11) is 1.77. The number of carbonyl (C=O) groups is 1. The number of aromatic nitrogens is 4. The van der Waals surface area contributed by atoms with E-state index in [4.69, 9.17) is 0 Å². The first-order valence-corrected chi connectivity index (χ1v) is 6.88. The van der Waals surface area contributed by atoms with Gasteiger partial charge in [-0.25, -0.2) is 9.18 Å². The lowest BCUT2D eigenvalue weighted by Gasteiger charge is -1.96. The molecule has 0 unspecified atom stereocenters. The van der Waals surface area contributed by atoms with Crippen molar-refractivity contribution in [3.63, 3.8) is 0 Å². The van der Waals surface area contributed by atoms with E-state index in [0.717, 1.165) is 5.52 Å². The van der Waals surface area contributed by atoms with Gasteiger partial charge in [0.05, 0.1) is 27.8 Å². The Morgan fingerprint density at radius 2 is 2.13 bits per heavy atom. The van der Waals surface area contributed by atoms with Gasteiger partial charge in [-0.15, -0.1) is 0 Å². The zero-order valence-electron chi connectivity index (χ0n) is 12.0. The van der Waals surface area contributed by atoms with Crippen molar-refractivity contribution in [1.82, 2.24) is 19.7 Å². The number of carboxylic acids is 1. The highest BCUT2D eigenvalue weighted by molar-refractivity contribution is 6.03. The molecule has 3 aromatic heterocycles. The molecule has 4 aromatic rings. The fourth-order valence-electron chi connectivity index (χ4n) is 2.77. The second-order valence-electron chi connectivity index (χ2n) is 5.24. The molecule has 23 heavy (non-hydrogen) atoms. The molecule has 0 amide bonds. The molecular formula is C16H11FN4O2. The summed E-state index contributed by atoms with van der Waals surface area (Å²) in [6.45, 7) is 0. The van der Waals surface area contributed by atoms with Crippen LogP contribution < -0.4 is 0 Å².